The van der Waals surface area contributed by atoms with Crippen LogP contribution in [0.25, 0.3) is 43.1 Å². The average molecular weight is 567 g/mol. The lowest BCUT2D eigenvalue weighted by Gasteiger charge is -2.41. The van der Waals surface area contributed by atoms with Crippen molar-refractivity contribution in [2.75, 3.05) is 0 Å². The van der Waals surface area contributed by atoms with Crippen LogP contribution >= 0.6 is 0 Å². The molecule has 0 spiro atoms. The Labute approximate surface area is 257 Å². The SMILES string of the molecule is CCc1c2ccccc2c(C(OC(c2c3ccccc3c(CC)c3ccccc23)C(C)(C)C)C(C)(C)C)c2ccccc12. The van der Waals surface area contributed by atoms with E-state index < -0.39 is 0 Å². The predicted octanol–water partition coefficient (Wildman–Crippen LogP) is 12.3. The van der Waals surface area contributed by atoms with Gasteiger partial charge in [-0.25, -0.2) is 0 Å². The molecule has 2 atom stereocenters. The zero-order valence-corrected chi connectivity index (χ0v) is 27.2. The van der Waals surface area contributed by atoms with Gasteiger partial charge >= 0.3 is 0 Å². The van der Waals surface area contributed by atoms with Crippen molar-refractivity contribution in [2.45, 2.75) is 80.4 Å². The van der Waals surface area contributed by atoms with Gasteiger partial charge in [0.05, 0.1) is 12.2 Å². The maximum absolute atomic E-state index is 7.73. The van der Waals surface area contributed by atoms with E-state index in [2.05, 4.69) is 152 Å². The van der Waals surface area contributed by atoms with E-state index in [0.29, 0.717) is 0 Å². The normalized spacial score (nSPS) is 14.1. The topological polar surface area (TPSA) is 9.23 Å². The van der Waals surface area contributed by atoms with Gasteiger partial charge in [0.2, 0.25) is 0 Å². The van der Waals surface area contributed by atoms with Gasteiger partial charge in [0.25, 0.3) is 0 Å². The second-order valence-corrected chi connectivity index (χ2v) is 14.3. The second-order valence-electron chi connectivity index (χ2n) is 14.3. The number of hydrogen-bond acceptors (Lipinski definition) is 1. The number of aryl methyl sites for hydroxylation is 2. The van der Waals surface area contributed by atoms with Crippen molar-refractivity contribution in [2.24, 2.45) is 10.8 Å². The summed E-state index contributed by atoms with van der Waals surface area (Å²) in [7, 11) is 0. The molecule has 0 bridgehead atoms. The van der Waals surface area contributed by atoms with E-state index in [1.165, 1.54) is 65.3 Å². The van der Waals surface area contributed by atoms with Gasteiger partial charge in [0.15, 0.2) is 0 Å². The first-order valence-corrected chi connectivity index (χ1v) is 16.1. The number of hydrogen-bond donors (Lipinski definition) is 0. The third-order valence-corrected chi connectivity index (χ3v) is 9.25. The quantitative estimate of drug-likeness (QED) is 0.182. The highest BCUT2D eigenvalue weighted by Gasteiger charge is 2.39. The molecule has 0 N–H and O–H groups in total. The molecule has 0 heterocycles. The zero-order chi connectivity index (χ0) is 30.5. The van der Waals surface area contributed by atoms with Crippen molar-refractivity contribution in [3.63, 3.8) is 0 Å². The Hall–Kier alpha value is -3.68. The number of fused-ring (bicyclic) bond motifs is 4. The third-order valence-electron chi connectivity index (χ3n) is 9.25. The minimum atomic E-state index is -0.155. The molecule has 220 valence electrons. The molecule has 0 saturated heterocycles. The summed E-state index contributed by atoms with van der Waals surface area (Å²) in [6.45, 7) is 18.6. The molecule has 0 aliphatic carbocycles. The summed E-state index contributed by atoms with van der Waals surface area (Å²) in [6, 6.07) is 35.9. The minimum Gasteiger partial charge on any atom is -0.364 e. The van der Waals surface area contributed by atoms with Crippen molar-refractivity contribution in [3.8, 4) is 0 Å². The van der Waals surface area contributed by atoms with Gasteiger partial charge in [-0.2, -0.15) is 0 Å². The summed E-state index contributed by atoms with van der Waals surface area (Å²) in [6.07, 6.45) is 1.71. The highest BCUT2D eigenvalue weighted by Crippen LogP contribution is 2.52. The molecule has 0 amide bonds. The van der Waals surface area contributed by atoms with E-state index in [4.69, 9.17) is 4.74 Å². The van der Waals surface area contributed by atoms with Gasteiger partial charge in [-0.05, 0) is 89.0 Å². The van der Waals surface area contributed by atoms with Crippen LogP contribution < -0.4 is 0 Å². The van der Waals surface area contributed by atoms with Crippen LogP contribution in [-0.4, -0.2) is 0 Å². The molecular weight excluding hydrogens is 520 g/mol. The summed E-state index contributed by atoms with van der Waals surface area (Å²) in [4.78, 5) is 0. The summed E-state index contributed by atoms with van der Waals surface area (Å²) in [5.74, 6) is 0. The number of benzene rings is 6. The van der Waals surface area contributed by atoms with Crippen LogP contribution in [-0.2, 0) is 17.6 Å². The largest absolute Gasteiger partial charge is 0.364 e. The van der Waals surface area contributed by atoms with E-state index in [1.54, 1.807) is 0 Å². The van der Waals surface area contributed by atoms with Gasteiger partial charge in [-0.3, -0.25) is 0 Å². The molecule has 6 aromatic carbocycles. The first-order chi connectivity index (χ1) is 20.6. The lowest BCUT2D eigenvalue weighted by Crippen LogP contribution is -2.30. The summed E-state index contributed by atoms with van der Waals surface area (Å²) in [5, 5.41) is 10.6. The minimum absolute atomic E-state index is 0.138. The maximum Gasteiger partial charge on any atom is 0.0893 e. The first kappa shape index (κ1) is 29.4. The van der Waals surface area contributed by atoms with Gasteiger partial charge < -0.3 is 4.74 Å². The molecule has 6 aromatic rings. The Kier molecular flexibility index (Phi) is 7.59. The number of ether oxygens (including phenoxy) is 1. The zero-order valence-electron chi connectivity index (χ0n) is 27.2. The highest BCUT2D eigenvalue weighted by molar-refractivity contribution is 6.07. The standard InChI is InChI=1S/C42H46O/c1-9-27-29-19-11-15-23-33(29)37(34-24-16-12-20-30(27)34)39(41(3,4)5)43-40(42(6,7)8)38-35-25-17-13-21-31(35)28(10-2)32-22-14-18-26-36(32)38/h11-26,39-40H,9-10H2,1-8H3. The number of rotatable bonds is 6. The fraction of sp³-hybridized carbons (Fsp3) is 0.333. The molecule has 0 aromatic heterocycles. The highest BCUT2D eigenvalue weighted by atomic mass is 16.5. The monoisotopic (exact) mass is 566 g/mol. The fourth-order valence-electron chi connectivity index (χ4n) is 7.38. The van der Waals surface area contributed by atoms with E-state index in [-0.39, 0.29) is 23.0 Å². The lowest BCUT2D eigenvalue weighted by molar-refractivity contribution is -0.110. The van der Waals surface area contributed by atoms with Crippen LogP contribution in [0.15, 0.2) is 97.1 Å². The Bertz CT molecular complexity index is 1690. The summed E-state index contributed by atoms with van der Waals surface area (Å²) >= 11 is 0. The lowest BCUT2D eigenvalue weighted by atomic mass is 9.76. The van der Waals surface area contributed by atoms with Crippen molar-refractivity contribution in [1.29, 1.82) is 0 Å². The Morgan fingerprint density at radius 2 is 0.651 bits per heavy atom. The second kappa shape index (κ2) is 11.1. The van der Waals surface area contributed by atoms with Crippen LogP contribution in [0.3, 0.4) is 0 Å². The van der Waals surface area contributed by atoms with Crippen LogP contribution in [0.2, 0.25) is 0 Å². The Morgan fingerprint density at radius 1 is 0.419 bits per heavy atom. The molecule has 43 heavy (non-hydrogen) atoms. The van der Waals surface area contributed by atoms with Crippen molar-refractivity contribution < 1.29 is 4.74 Å². The van der Waals surface area contributed by atoms with E-state index in [1.807, 2.05) is 0 Å². The van der Waals surface area contributed by atoms with Crippen LogP contribution in [0.4, 0.5) is 0 Å². The molecule has 0 aliphatic rings. The fourth-order valence-corrected chi connectivity index (χ4v) is 7.38. The van der Waals surface area contributed by atoms with E-state index in [0.717, 1.165) is 12.8 Å². The molecular formula is C42H46O. The summed E-state index contributed by atoms with van der Waals surface area (Å²) in [5.41, 5.74) is 5.15. The summed E-state index contributed by atoms with van der Waals surface area (Å²) < 4.78 is 7.73. The molecule has 1 heteroatoms. The smallest absolute Gasteiger partial charge is 0.0893 e. The molecule has 0 aliphatic heterocycles. The molecule has 0 fully saturated rings. The van der Waals surface area contributed by atoms with Crippen molar-refractivity contribution in [3.05, 3.63) is 119 Å². The van der Waals surface area contributed by atoms with Crippen LogP contribution in [0, 0.1) is 10.8 Å². The molecule has 6 rings (SSSR count). The third kappa shape index (κ3) is 5.02. The van der Waals surface area contributed by atoms with Crippen LogP contribution in [0.5, 0.6) is 0 Å². The predicted molar refractivity (Wildman–Crippen MR) is 187 cm³/mol. The molecule has 0 saturated carbocycles. The molecule has 2 unspecified atom stereocenters. The average Bonchev–Trinajstić information content (AvgIpc) is 2.99. The van der Waals surface area contributed by atoms with Gasteiger partial charge in [0, 0.05) is 0 Å². The first-order valence-electron chi connectivity index (χ1n) is 16.1. The van der Waals surface area contributed by atoms with Gasteiger partial charge in [0.1, 0.15) is 0 Å². The van der Waals surface area contributed by atoms with Crippen LogP contribution in [0.1, 0.15) is 89.9 Å². The Morgan fingerprint density at radius 3 is 0.860 bits per heavy atom. The molecule has 1 nitrogen and oxygen atoms in total. The van der Waals surface area contributed by atoms with Crippen molar-refractivity contribution >= 4 is 43.1 Å². The van der Waals surface area contributed by atoms with Crippen molar-refractivity contribution in [1.82, 2.24) is 0 Å². The Balaban J connectivity index is 1.69. The van der Waals surface area contributed by atoms with Gasteiger partial charge in [-0.15, -0.1) is 0 Å². The van der Waals surface area contributed by atoms with E-state index >= 15 is 0 Å². The van der Waals surface area contributed by atoms with E-state index in [9.17, 15) is 0 Å². The maximum atomic E-state index is 7.73. The van der Waals surface area contributed by atoms with Gasteiger partial charge in [-0.1, -0.05) is 152 Å². The molecule has 0 radical (unpaired) electrons.